The van der Waals surface area contributed by atoms with Crippen LogP contribution in [0.25, 0.3) is 0 Å². The predicted octanol–water partition coefficient (Wildman–Crippen LogP) is 0.530. The molecule has 0 aliphatic carbocycles. The average molecular weight is 379 g/mol. The number of sulfonamides is 1. The van der Waals surface area contributed by atoms with Crippen LogP contribution < -0.4 is 21.3 Å². The number of carbonyl (C=O) groups is 1. The number of nitrogens with one attached hydrogen (secondary N) is 3. The molecule has 0 saturated heterocycles. The number of hydrogen-bond donors (Lipinski definition) is 4. The van der Waals surface area contributed by atoms with E-state index in [1.54, 1.807) is 6.92 Å². The summed E-state index contributed by atoms with van der Waals surface area (Å²) in [4.78, 5) is 29.8. The number of anilines is 2. The molecule has 0 aliphatic heterocycles. The smallest absolute Gasteiger partial charge is 0.255 e. The third kappa shape index (κ3) is 5.14. The molecule has 1 aromatic carbocycles. The molecule has 0 saturated carbocycles. The van der Waals surface area contributed by atoms with Crippen molar-refractivity contribution in [3.8, 4) is 0 Å². The van der Waals surface area contributed by atoms with Gasteiger partial charge in [0.1, 0.15) is 0 Å². The van der Waals surface area contributed by atoms with E-state index in [4.69, 9.17) is 5.73 Å². The number of H-pyrrole nitrogens is 1. The van der Waals surface area contributed by atoms with E-state index in [2.05, 4.69) is 20.0 Å². The molecule has 0 atom stereocenters. The summed E-state index contributed by atoms with van der Waals surface area (Å²) in [6.07, 6.45) is 0.762. The molecule has 0 aliphatic rings. The highest BCUT2D eigenvalue weighted by molar-refractivity contribution is 7.89. The number of nitrogens with two attached hydrogens (primary N) is 1. The minimum absolute atomic E-state index is 0.0906. The number of nitrogen functional groups attached to an aromatic ring is 1. The molecule has 2 aromatic rings. The molecule has 9 nitrogen and oxygen atoms in total. The van der Waals surface area contributed by atoms with Crippen LogP contribution in [0.5, 0.6) is 0 Å². The molecular formula is C16H21N5O4S. The van der Waals surface area contributed by atoms with Crippen molar-refractivity contribution in [1.82, 2.24) is 14.7 Å². The molecule has 1 aromatic heterocycles. The number of aromatic amines is 1. The Morgan fingerprint density at radius 3 is 2.50 bits per heavy atom. The molecule has 5 N–H and O–H groups in total. The Morgan fingerprint density at radius 2 is 1.92 bits per heavy atom. The number of benzene rings is 1. The van der Waals surface area contributed by atoms with Gasteiger partial charge < -0.3 is 5.73 Å². The van der Waals surface area contributed by atoms with E-state index in [0.717, 1.165) is 0 Å². The number of carbonyl (C=O) groups excluding carboxylic acids is 1. The van der Waals surface area contributed by atoms with Crippen molar-refractivity contribution in [1.29, 1.82) is 0 Å². The fourth-order valence-electron chi connectivity index (χ4n) is 2.33. The van der Waals surface area contributed by atoms with Crippen molar-refractivity contribution in [3.05, 3.63) is 45.9 Å². The van der Waals surface area contributed by atoms with Crippen LogP contribution in [-0.4, -0.2) is 30.8 Å². The van der Waals surface area contributed by atoms with Crippen LogP contribution >= 0.6 is 0 Å². The maximum absolute atomic E-state index is 12.2. The Balaban J connectivity index is 1.96. The maximum atomic E-state index is 12.2. The fourth-order valence-corrected chi connectivity index (χ4v) is 3.41. The van der Waals surface area contributed by atoms with Gasteiger partial charge in [-0.25, -0.2) is 18.1 Å². The zero-order valence-corrected chi connectivity index (χ0v) is 15.3. The molecule has 0 spiro atoms. The quantitative estimate of drug-likeness (QED) is 0.407. The van der Waals surface area contributed by atoms with Crippen LogP contribution in [0.2, 0.25) is 0 Å². The molecule has 0 fully saturated rings. The largest absolute Gasteiger partial charge is 0.399 e. The molecule has 10 heteroatoms. The molecule has 0 radical (unpaired) electrons. The topological polar surface area (TPSA) is 147 Å². The Bertz CT molecular complexity index is 952. The van der Waals surface area contributed by atoms with E-state index in [1.165, 1.54) is 31.2 Å². The predicted molar refractivity (Wildman–Crippen MR) is 98.3 cm³/mol. The zero-order chi connectivity index (χ0) is 19.3. The molecule has 1 amide bonds. The second-order valence-corrected chi connectivity index (χ2v) is 7.50. The van der Waals surface area contributed by atoms with Crippen molar-refractivity contribution >= 4 is 27.6 Å². The van der Waals surface area contributed by atoms with Gasteiger partial charge in [0.2, 0.25) is 21.9 Å². The zero-order valence-electron chi connectivity index (χ0n) is 14.5. The van der Waals surface area contributed by atoms with E-state index in [1.807, 2.05) is 0 Å². The molecule has 0 unspecified atom stereocenters. The Hall–Kier alpha value is -2.72. The van der Waals surface area contributed by atoms with E-state index in [-0.39, 0.29) is 28.9 Å². The number of nitrogens with zero attached hydrogens (tertiary/aromatic N) is 1. The normalized spacial score (nSPS) is 11.3. The van der Waals surface area contributed by atoms with Crippen LogP contribution in [0.3, 0.4) is 0 Å². The minimum Gasteiger partial charge on any atom is -0.399 e. The lowest BCUT2D eigenvalue weighted by molar-refractivity contribution is -0.114. The molecule has 26 heavy (non-hydrogen) atoms. The monoisotopic (exact) mass is 379 g/mol. The van der Waals surface area contributed by atoms with Crippen molar-refractivity contribution in [2.24, 2.45) is 0 Å². The lowest BCUT2D eigenvalue weighted by Crippen LogP contribution is -2.26. The number of aromatic nitrogens is 2. The Labute approximate surface area is 151 Å². The number of aryl methyl sites for hydroxylation is 1. The van der Waals surface area contributed by atoms with Crippen LogP contribution in [0.4, 0.5) is 11.6 Å². The molecule has 0 bridgehead atoms. The van der Waals surface area contributed by atoms with Crippen molar-refractivity contribution in [3.63, 3.8) is 0 Å². The van der Waals surface area contributed by atoms with Crippen LogP contribution in [-0.2, 0) is 21.2 Å². The maximum Gasteiger partial charge on any atom is 0.255 e. The van der Waals surface area contributed by atoms with Gasteiger partial charge in [-0.15, -0.1) is 0 Å². The van der Waals surface area contributed by atoms with E-state index >= 15 is 0 Å². The van der Waals surface area contributed by atoms with Gasteiger partial charge in [-0.2, -0.15) is 0 Å². The van der Waals surface area contributed by atoms with Crippen molar-refractivity contribution in [2.45, 2.75) is 31.6 Å². The summed E-state index contributed by atoms with van der Waals surface area (Å²) in [7, 11) is -3.63. The second kappa shape index (κ2) is 8.11. The standard InChI is InChI=1S/C16H21N5O4S/c1-10-14(15(23)21-16(19-10)20-11(2)22)4-3-9-18-26(24,25)13-7-5-12(17)6-8-13/h5-8,18H,3-4,9,17H2,1-2H3,(H2,19,20,21,22,23). The van der Waals surface area contributed by atoms with Crippen molar-refractivity contribution < 1.29 is 13.2 Å². The number of hydrogen-bond acceptors (Lipinski definition) is 6. The summed E-state index contributed by atoms with van der Waals surface area (Å²) in [6.45, 7) is 3.14. The highest BCUT2D eigenvalue weighted by Crippen LogP contribution is 2.11. The summed E-state index contributed by atoms with van der Waals surface area (Å²) in [5.74, 6) is -0.245. The first-order valence-electron chi connectivity index (χ1n) is 7.91. The molecule has 1 heterocycles. The second-order valence-electron chi connectivity index (χ2n) is 5.73. The molecule has 2 rings (SSSR count). The highest BCUT2D eigenvalue weighted by atomic mass is 32.2. The van der Waals surface area contributed by atoms with Crippen LogP contribution in [0.1, 0.15) is 24.6 Å². The number of rotatable bonds is 7. The van der Waals surface area contributed by atoms with Gasteiger partial charge in [-0.3, -0.25) is 19.9 Å². The summed E-state index contributed by atoms with van der Waals surface area (Å²) < 4.78 is 26.8. The van der Waals surface area contributed by atoms with Gasteiger partial charge >= 0.3 is 0 Å². The lowest BCUT2D eigenvalue weighted by Gasteiger charge is -2.09. The van der Waals surface area contributed by atoms with E-state index in [9.17, 15) is 18.0 Å². The summed E-state index contributed by atoms with van der Waals surface area (Å²) in [5, 5.41) is 2.42. The fraction of sp³-hybridized carbons (Fsp3) is 0.312. The Morgan fingerprint density at radius 1 is 1.27 bits per heavy atom. The summed E-state index contributed by atoms with van der Waals surface area (Å²) in [6, 6.07) is 5.88. The highest BCUT2D eigenvalue weighted by Gasteiger charge is 2.14. The first kappa shape index (κ1) is 19.6. The molecule has 140 valence electrons. The summed E-state index contributed by atoms with van der Waals surface area (Å²) in [5.41, 5.74) is 6.60. The van der Waals surface area contributed by atoms with Gasteiger partial charge in [0, 0.05) is 30.4 Å². The van der Waals surface area contributed by atoms with Gasteiger partial charge in [0.05, 0.1) is 4.90 Å². The first-order chi connectivity index (χ1) is 12.2. The SMILES string of the molecule is CC(=O)Nc1nc(C)c(CCCNS(=O)(=O)c2ccc(N)cc2)c(=O)[nH]1. The third-order valence-electron chi connectivity index (χ3n) is 3.60. The van der Waals surface area contributed by atoms with Crippen molar-refractivity contribution in [2.75, 3.05) is 17.6 Å². The number of amides is 1. The third-order valence-corrected chi connectivity index (χ3v) is 5.08. The minimum atomic E-state index is -3.63. The van der Waals surface area contributed by atoms with Crippen LogP contribution in [0, 0.1) is 6.92 Å². The van der Waals surface area contributed by atoms with Gasteiger partial charge in [-0.1, -0.05) is 0 Å². The van der Waals surface area contributed by atoms with E-state index in [0.29, 0.717) is 29.8 Å². The van der Waals surface area contributed by atoms with Crippen LogP contribution in [0.15, 0.2) is 34.0 Å². The summed E-state index contributed by atoms with van der Waals surface area (Å²) >= 11 is 0. The Kier molecular flexibility index (Phi) is 6.11. The van der Waals surface area contributed by atoms with Gasteiger partial charge in [-0.05, 0) is 44.0 Å². The first-order valence-corrected chi connectivity index (χ1v) is 9.40. The lowest BCUT2D eigenvalue weighted by atomic mass is 10.1. The molecular weight excluding hydrogens is 358 g/mol. The van der Waals surface area contributed by atoms with Gasteiger partial charge in [0.15, 0.2) is 0 Å². The van der Waals surface area contributed by atoms with E-state index < -0.39 is 10.0 Å². The van der Waals surface area contributed by atoms with Gasteiger partial charge in [0.25, 0.3) is 5.56 Å². The average Bonchev–Trinajstić information content (AvgIpc) is 2.53.